The van der Waals surface area contributed by atoms with Crippen LogP contribution in [-0.2, 0) is 6.42 Å². The van der Waals surface area contributed by atoms with Crippen LogP contribution >= 0.6 is 11.6 Å². The molecule has 5 heteroatoms. The molecule has 2 rings (SSSR count). The maximum atomic E-state index is 6.28. The van der Waals surface area contributed by atoms with Crippen molar-refractivity contribution in [1.82, 2.24) is 14.9 Å². The first-order chi connectivity index (χ1) is 9.56. The van der Waals surface area contributed by atoms with E-state index in [4.69, 9.17) is 16.6 Å². The van der Waals surface area contributed by atoms with E-state index in [9.17, 15) is 0 Å². The van der Waals surface area contributed by atoms with Gasteiger partial charge in [-0.15, -0.1) is 0 Å². The van der Waals surface area contributed by atoms with Crippen molar-refractivity contribution in [3.05, 3.63) is 16.5 Å². The second kappa shape index (κ2) is 6.72. The van der Waals surface area contributed by atoms with Crippen molar-refractivity contribution >= 4 is 17.4 Å². The molecule has 1 saturated heterocycles. The third kappa shape index (κ3) is 3.23. The summed E-state index contributed by atoms with van der Waals surface area (Å²) < 4.78 is 0. The van der Waals surface area contributed by atoms with Crippen LogP contribution in [0.5, 0.6) is 0 Å². The zero-order valence-electron chi connectivity index (χ0n) is 13.0. The SMILES string of the molecule is CCCc1nc(Cl)c(C)c(N2CCN(CC)C(C)C2)n1. The predicted molar refractivity (Wildman–Crippen MR) is 84.7 cm³/mol. The van der Waals surface area contributed by atoms with E-state index in [0.29, 0.717) is 11.2 Å². The number of aromatic nitrogens is 2. The number of hydrogen-bond acceptors (Lipinski definition) is 4. The Labute approximate surface area is 127 Å². The van der Waals surface area contributed by atoms with Crippen LogP contribution in [-0.4, -0.2) is 47.1 Å². The first-order valence-corrected chi connectivity index (χ1v) is 7.96. The van der Waals surface area contributed by atoms with Crippen molar-refractivity contribution in [2.75, 3.05) is 31.1 Å². The van der Waals surface area contributed by atoms with E-state index in [1.165, 1.54) is 0 Å². The van der Waals surface area contributed by atoms with Crippen molar-refractivity contribution in [1.29, 1.82) is 0 Å². The van der Waals surface area contributed by atoms with Crippen LogP contribution in [0, 0.1) is 6.92 Å². The maximum absolute atomic E-state index is 6.28. The molecule has 4 nitrogen and oxygen atoms in total. The fraction of sp³-hybridized carbons (Fsp3) is 0.733. The van der Waals surface area contributed by atoms with Gasteiger partial charge in [0.2, 0.25) is 0 Å². The minimum absolute atomic E-state index is 0.552. The Morgan fingerprint density at radius 3 is 2.60 bits per heavy atom. The van der Waals surface area contributed by atoms with E-state index in [1.54, 1.807) is 0 Å². The van der Waals surface area contributed by atoms with E-state index in [1.807, 2.05) is 6.92 Å². The maximum Gasteiger partial charge on any atom is 0.137 e. The Morgan fingerprint density at radius 2 is 2.00 bits per heavy atom. The van der Waals surface area contributed by atoms with Gasteiger partial charge in [-0.25, -0.2) is 9.97 Å². The van der Waals surface area contributed by atoms with E-state index < -0.39 is 0 Å². The van der Waals surface area contributed by atoms with Crippen LogP contribution in [0.1, 0.15) is 38.6 Å². The minimum Gasteiger partial charge on any atom is -0.353 e. The number of hydrogen-bond donors (Lipinski definition) is 0. The van der Waals surface area contributed by atoms with Crippen LogP contribution in [0.15, 0.2) is 0 Å². The second-order valence-corrected chi connectivity index (χ2v) is 5.91. The lowest BCUT2D eigenvalue weighted by Crippen LogP contribution is -2.52. The van der Waals surface area contributed by atoms with Crippen LogP contribution in [0.25, 0.3) is 0 Å². The largest absolute Gasteiger partial charge is 0.353 e. The first kappa shape index (κ1) is 15.5. The molecule has 0 spiro atoms. The van der Waals surface area contributed by atoms with Crippen molar-refractivity contribution in [3.8, 4) is 0 Å². The molecule has 0 aliphatic carbocycles. The van der Waals surface area contributed by atoms with Crippen LogP contribution in [0.4, 0.5) is 5.82 Å². The standard InChI is InChI=1S/C15H25ClN4/c1-5-7-13-17-14(16)12(4)15(18-13)20-9-8-19(6-2)11(3)10-20/h11H,5-10H2,1-4H3. The van der Waals surface area contributed by atoms with Crippen molar-refractivity contribution in [3.63, 3.8) is 0 Å². The van der Waals surface area contributed by atoms with Gasteiger partial charge < -0.3 is 4.90 Å². The smallest absolute Gasteiger partial charge is 0.137 e. The molecule has 0 saturated carbocycles. The van der Waals surface area contributed by atoms with Crippen molar-refractivity contribution < 1.29 is 0 Å². The second-order valence-electron chi connectivity index (χ2n) is 5.55. The number of likely N-dealkylation sites (N-methyl/N-ethyl adjacent to an activating group) is 1. The molecule has 1 aliphatic heterocycles. The highest BCUT2D eigenvalue weighted by Gasteiger charge is 2.25. The summed E-state index contributed by atoms with van der Waals surface area (Å²) in [6, 6.07) is 0.552. The molecule has 2 heterocycles. The molecule has 0 radical (unpaired) electrons. The van der Waals surface area contributed by atoms with Gasteiger partial charge in [0.15, 0.2) is 0 Å². The molecule has 0 aromatic carbocycles. The zero-order valence-corrected chi connectivity index (χ0v) is 13.7. The van der Waals surface area contributed by atoms with Gasteiger partial charge in [-0.1, -0.05) is 25.4 Å². The van der Waals surface area contributed by atoms with Crippen LogP contribution < -0.4 is 4.90 Å². The van der Waals surface area contributed by atoms with Crippen LogP contribution in [0.2, 0.25) is 5.15 Å². The molecule has 1 atom stereocenters. The molecule has 1 aromatic heterocycles. The third-order valence-corrected chi connectivity index (χ3v) is 4.42. The van der Waals surface area contributed by atoms with Gasteiger partial charge >= 0.3 is 0 Å². The molecular weight excluding hydrogens is 272 g/mol. The quantitative estimate of drug-likeness (QED) is 0.800. The molecular formula is C15H25ClN4. The molecule has 0 amide bonds. The summed E-state index contributed by atoms with van der Waals surface area (Å²) in [6.45, 7) is 12.9. The molecule has 0 bridgehead atoms. The normalized spacial score (nSPS) is 20.4. The lowest BCUT2D eigenvalue weighted by atomic mass is 10.1. The Hall–Kier alpha value is -0.870. The lowest BCUT2D eigenvalue weighted by molar-refractivity contribution is 0.199. The van der Waals surface area contributed by atoms with Gasteiger partial charge in [0.1, 0.15) is 16.8 Å². The highest BCUT2D eigenvalue weighted by molar-refractivity contribution is 6.30. The number of anilines is 1. The summed E-state index contributed by atoms with van der Waals surface area (Å²) in [5.41, 5.74) is 1.00. The van der Waals surface area contributed by atoms with Gasteiger partial charge in [0.25, 0.3) is 0 Å². The molecule has 20 heavy (non-hydrogen) atoms. The van der Waals surface area contributed by atoms with Crippen LogP contribution in [0.3, 0.4) is 0 Å². The summed E-state index contributed by atoms with van der Waals surface area (Å²) in [4.78, 5) is 14.0. The predicted octanol–water partition coefficient (Wildman–Crippen LogP) is 2.92. The lowest BCUT2D eigenvalue weighted by Gasteiger charge is -2.40. The zero-order chi connectivity index (χ0) is 14.7. The summed E-state index contributed by atoms with van der Waals surface area (Å²) in [7, 11) is 0. The topological polar surface area (TPSA) is 32.3 Å². The van der Waals surface area contributed by atoms with Gasteiger partial charge in [-0.2, -0.15) is 0 Å². The average molecular weight is 297 g/mol. The average Bonchev–Trinajstić information content (AvgIpc) is 2.43. The van der Waals surface area contributed by atoms with Gasteiger partial charge in [-0.3, -0.25) is 4.90 Å². The van der Waals surface area contributed by atoms with Gasteiger partial charge in [-0.05, 0) is 26.8 Å². The molecule has 1 aliphatic rings. The highest BCUT2D eigenvalue weighted by atomic mass is 35.5. The molecule has 1 aromatic rings. The fourth-order valence-corrected chi connectivity index (χ4v) is 3.00. The summed E-state index contributed by atoms with van der Waals surface area (Å²) >= 11 is 6.28. The van der Waals surface area contributed by atoms with Gasteiger partial charge in [0.05, 0.1) is 0 Å². The molecule has 1 fully saturated rings. The van der Waals surface area contributed by atoms with Crippen molar-refractivity contribution in [2.24, 2.45) is 0 Å². The summed E-state index contributed by atoms with van der Waals surface area (Å²) in [6.07, 6.45) is 1.93. The highest BCUT2D eigenvalue weighted by Crippen LogP contribution is 2.26. The van der Waals surface area contributed by atoms with E-state index in [2.05, 4.69) is 35.6 Å². The summed E-state index contributed by atoms with van der Waals surface area (Å²) in [5.74, 6) is 1.89. The Kier molecular flexibility index (Phi) is 5.22. The number of aryl methyl sites for hydroxylation is 1. The van der Waals surface area contributed by atoms with E-state index in [0.717, 1.165) is 56.2 Å². The molecule has 0 N–H and O–H groups in total. The molecule has 112 valence electrons. The van der Waals surface area contributed by atoms with E-state index >= 15 is 0 Å². The number of piperazine rings is 1. The number of nitrogens with zero attached hydrogens (tertiary/aromatic N) is 4. The Bertz CT molecular complexity index is 463. The first-order valence-electron chi connectivity index (χ1n) is 7.58. The molecule has 1 unspecified atom stereocenters. The minimum atomic E-state index is 0.552. The Balaban J connectivity index is 2.24. The fourth-order valence-electron chi connectivity index (χ4n) is 2.82. The van der Waals surface area contributed by atoms with E-state index in [-0.39, 0.29) is 0 Å². The van der Waals surface area contributed by atoms with Gasteiger partial charge in [0, 0.05) is 37.7 Å². The number of halogens is 1. The monoisotopic (exact) mass is 296 g/mol. The Morgan fingerprint density at radius 1 is 1.25 bits per heavy atom. The third-order valence-electron chi connectivity index (χ3n) is 4.05. The van der Waals surface area contributed by atoms with Crippen molar-refractivity contribution in [2.45, 2.75) is 46.6 Å². The summed E-state index contributed by atoms with van der Waals surface area (Å²) in [5, 5.41) is 0.601. The number of rotatable bonds is 4.